The molecule has 1 aliphatic heterocycles. The number of carbonyl (C=O) groups is 1. The summed E-state index contributed by atoms with van der Waals surface area (Å²) in [5, 5.41) is 5.21. The molecule has 6 rings (SSSR count). The molecule has 1 atom stereocenters. The van der Waals surface area contributed by atoms with Gasteiger partial charge in [0.25, 0.3) is 16.0 Å². The quantitative estimate of drug-likeness (QED) is 0.237. The zero-order chi connectivity index (χ0) is 30.6. The average molecular weight is 606 g/mol. The molecular weight excluding hydrogens is 576 g/mol. The van der Waals surface area contributed by atoms with Crippen molar-refractivity contribution in [3.05, 3.63) is 94.9 Å². The van der Waals surface area contributed by atoms with Crippen LogP contribution in [-0.4, -0.2) is 51.7 Å². The van der Waals surface area contributed by atoms with E-state index in [-0.39, 0.29) is 17.4 Å². The lowest BCUT2D eigenvalue weighted by Gasteiger charge is -2.33. The highest BCUT2D eigenvalue weighted by Crippen LogP contribution is 2.37. The summed E-state index contributed by atoms with van der Waals surface area (Å²) >= 11 is 0. The van der Waals surface area contributed by atoms with Gasteiger partial charge in [-0.1, -0.05) is 6.07 Å². The molecule has 222 valence electrons. The molecule has 0 saturated heterocycles. The Hall–Kier alpha value is -4.42. The van der Waals surface area contributed by atoms with Gasteiger partial charge in [-0.15, -0.1) is 0 Å². The van der Waals surface area contributed by atoms with Crippen molar-refractivity contribution in [3.8, 4) is 16.9 Å². The summed E-state index contributed by atoms with van der Waals surface area (Å²) in [5.41, 5.74) is 4.55. The van der Waals surface area contributed by atoms with Crippen molar-refractivity contribution in [2.24, 2.45) is 7.05 Å². The second-order valence-electron chi connectivity index (χ2n) is 10.5. The second kappa shape index (κ2) is 10.7. The third-order valence-corrected chi connectivity index (χ3v) is 9.20. The van der Waals surface area contributed by atoms with E-state index in [4.69, 9.17) is 4.18 Å². The number of fused-ring (bicyclic) bond motifs is 2. The van der Waals surface area contributed by atoms with Crippen molar-refractivity contribution in [1.29, 1.82) is 0 Å². The zero-order valence-electron chi connectivity index (χ0n) is 24.0. The van der Waals surface area contributed by atoms with Gasteiger partial charge in [0.15, 0.2) is 0 Å². The molecule has 1 amide bonds. The Morgan fingerprint density at radius 2 is 1.84 bits per heavy atom. The van der Waals surface area contributed by atoms with E-state index in [1.807, 2.05) is 13.8 Å². The number of amides is 1. The van der Waals surface area contributed by atoms with Gasteiger partial charge < -0.3 is 4.90 Å². The summed E-state index contributed by atoms with van der Waals surface area (Å²) in [6.45, 7) is 5.69. The molecule has 0 aliphatic carbocycles. The van der Waals surface area contributed by atoms with Crippen LogP contribution >= 0.6 is 0 Å². The summed E-state index contributed by atoms with van der Waals surface area (Å²) in [7, 11) is -2.31. The molecule has 1 aliphatic rings. The van der Waals surface area contributed by atoms with Gasteiger partial charge in [0.05, 0.1) is 35.3 Å². The first kappa shape index (κ1) is 28.7. The number of halogens is 2. The van der Waals surface area contributed by atoms with Crippen LogP contribution in [-0.2, 0) is 27.8 Å². The highest BCUT2D eigenvalue weighted by Gasteiger charge is 2.34. The fourth-order valence-electron chi connectivity index (χ4n) is 5.89. The lowest BCUT2D eigenvalue weighted by atomic mass is 9.95. The molecule has 0 N–H and O–H groups in total. The Morgan fingerprint density at radius 3 is 2.56 bits per heavy atom. The van der Waals surface area contributed by atoms with Crippen molar-refractivity contribution < 1.29 is 26.2 Å². The van der Waals surface area contributed by atoms with E-state index in [9.17, 15) is 22.0 Å². The maximum absolute atomic E-state index is 14.0. The molecule has 12 heteroatoms. The molecule has 9 nitrogen and oxygen atoms in total. The number of nitrogens with zero attached hydrogens (tertiary/aromatic N) is 5. The van der Waals surface area contributed by atoms with Crippen LogP contribution in [0.2, 0.25) is 0 Å². The molecule has 0 fully saturated rings. The number of aromatic nitrogens is 4. The molecule has 3 aromatic heterocycles. The minimum Gasteiger partial charge on any atom is -0.330 e. The van der Waals surface area contributed by atoms with Crippen LogP contribution in [0.1, 0.15) is 47.1 Å². The Bertz CT molecular complexity index is 2000. The fourth-order valence-corrected chi connectivity index (χ4v) is 6.98. The summed E-state index contributed by atoms with van der Waals surface area (Å²) in [6.07, 6.45) is 3.66. The number of hydrogen-bond acceptors (Lipinski definition) is 6. The Labute approximate surface area is 247 Å². The van der Waals surface area contributed by atoms with Gasteiger partial charge in [0, 0.05) is 48.6 Å². The largest absolute Gasteiger partial charge is 0.330 e. The number of benzene rings is 2. The van der Waals surface area contributed by atoms with Gasteiger partial charge in [0.2, 0.25) is 0 Å². The number of pyridine rings is 1. The van der Waals surface area contributed by atoms with E-state index in [2.05, 4.69) is 10.1 Å². The summed E-state index contributed by atoms with van der Waals surface area (Å²) < 4.78 is 62.2. The van der Waals surface area contributed by atoms with Crippen LogP contribution in [0.15, 0.2) is 65.8 Å². The third-order valence-electron chi connectivity index (χ3n) is 7.77. The minimum absolute atomic E-state index is 0.00250. The topological polar surface area (TPSA) is 99.3 Å². The molecule has 0 radical (unpaired) electrons. The first-order valence-electron chi connectivity index (χ1n) is 13.8. The SMILES string of the molecule is CCOS(=O)(=O)c1ccc(C)cc1-n1ccc2c(C(=O)N3CCc4c(nn(C)c4-c4cc(F)cc(F)c4)C3C)ccnc21. The molecule has 0 spiro atoms. The Balaban J connectivity index is 1.38. The summed E-state index contributed by atoms with van der Waals surface area (Å²) in [4.78, 5) is 20.3. The van der Waals surface area contributed by atoms with Crippen LogP contribution in [0.5, 0.6) is 0 Å². The second-order valence-corrected chi connectivity index (χ2v) is 12.1. The highest BCUT2D eigenvalue weighted by atomic mass is 32.2. The zero-order valence-corrected chi connectivity index (χ0v) is 24.8. The van der Waals surface area contributed by atoms with Gasteiger partial charge in [-0.25, -0.2) is 13.8 Å². The summed E-state index contributed by atoms with van der Waals surface area (Å²) in [6, 6.07) is 11.3. The molecule has 4 heterocycles. The van der Waals surface area contributed by atoms with Crippen molar-refractivity contribution in [2.45, 2.75) is 38.1 Å². The predicted octanol–water partition coefficient (Wildman–Crippen LogP) is 5.50. The van der Waals surface area contributed by atoms with E-state index in [1.54, 1.807) is 58.6 Å². The Morgan fingerprint density at radius 1 is 1.09 bits per heavy atom. The molecule has 0 saturated carbocycles. The maximum Gasteiger partial charge on any atom is 0.299 e. The van der Waals surface area contributed by atoms with Crippen molar-refractivity contribution in [1.82, 2.24) is 24.2 Å². The van der Waals surface area contributed by atoms with E-state index in [0.29, 0.717) is 52.2 Å². The monoisotopic (exact) mass is 605 g/mol. The van der Waals surface area contributed by atoms with Crippen LogP contribution in [0.25, 0.3) is 28.0 Å². The minimum atomic E-state index is -4.03. The van der Waals surface area contributed by atoms with Crippen molar-refractivity contribution in [2.75, 3.05) is 13.2 Å². The van der Waals surface area contributed by atoms with Gasteiger partial charge in [0.1, 0.15) is 22.2 Å². The van der Waals surface area contributed by atoms with Crippen LogP contribution in [0.3, 0.4) is 0 Å². The lowest BCUT2D eigenvalue weighted by molar-refractivity contribution is 0.0675. The lowest BCUT2D eigenvalue weighted by Crippen LogP contribution is -2.39. The molecule has 0 bridgehead atoms. The summed E-state index contributed by atoms with van der Waals surface area (Å²) in [5.74, 6) is -1.58. The van der Waals surface area contributed by atoms with Gasteiger partial charge >= 0.3 is 0 Å². The van der Waals surface area contributed by atoms with Crippen LogP contribution in [0, 0.1) is 18.6 Å². The van der Waals surface area contributed by atoms with E-state index in [0.717, 1.165) is 17.2 Å². The molecule has 2 aromatic carbocycles. The molecule has 1 unspecified atom stereocenters. The third kappa shape index (κ3) is 4.90. The fraction of sp³-hybridized carbons (Fsp3) is 0.258. The van der Waals surface area contributed by atoms with E-state index in [1.165, 1.54) is 24.4 Å². The maximum atomic E-state index is 14.0. The first-order chi connectivity index (χ1) is 20.5. The molecular formula is C31H29F2N5O4S. The molecule has 43 heavy (non-hydrogen) atoms. The van der Waals surface area contributed by atoms with Crippen LogP contribution in [0.4, 0.5) is 8.78 Å². The van der Waals surface area contributed by atoms with Gasteiger partial charge in [-0.2, -0.15) is 13.5 Å². The van der Waals surface area contributed by atoms with E-state index >= 15 is 0 Å². The number of aryl methyl sites for hydroxylation is 2. The highest BCUT2D eigenvalue weighted by molar-refractivity contribution is 7.86. The first-order valence-corrected chi connectivity index (χ1v) is 15.2. The normalized spacial score (nSPS) is 15.2. The van der Waals surface area contributed by atoms with Crippen molar-refractivity contribution >= 4 is 27.1 Å². The van der Waals surface area contributed by atoms with Gasteiger partial charge in [-0.05, 0) is 69.2 Å². The standard InChI is InChI=1S/C31H29F2N5O4S/c1-5-42-43(40,41)27-7-6-18(2)14-26(27)38-13-9-23-24(8-11-34-30(23)38)31(39)37-12-10-25-28(19(37)3)35-36(4)29(25)20-15-21(32)17-22(33)16-20/h6-9,11,13-17,19H,5,10,12H2,1-4H3. The smallest absolute Gasteiger partial charge is 0.299 e. The number of hydrogen-bond donors (Lipinski definition) is 0. The Kier molecular flexibility index (Phi) is 7.13. The van der Waals surface area contributed by atoms with Gasteiger partial charge in [-0.3, -0.25) is 18.2 Å². The van der Waals surface area contributed by atoms with Crippen molar-refractivity contribution in [3.63, 3.8) is 0 Å². The predicted molar refractivity (Wildman–Crippen MR) is 156 cm³/mol. The number of carbonyl (C=O) groups excluding carboxylic acids is 1. The number of rotatable bonds is 6. The molecule has 5 aromatic rings. The van der Waals surface area contributed by atoms with E-state index < -0.39 is 27.8 Å². The van der Waals surface area contributed by atoms with Crippen LogP contribution < -0.4 is 0 Å². The average Bonchev–Trinajstić information content (AvgIpc) is 3.53.